The summed E-state index contributed by atoms with van der Waals surface area (Å²) in [7, 11) is 0. The van der Waals surface area contributed by atoms with Crippen LogP contribution >= 0.6 is 0 Å². The molecule has 1 aliphatic carbocycles. The van der Waals surface area contributed by atoms with Gasteiger partial charge in [-0.1, -0.05) is 18.2 Å². The van der Waals surface area contributed by atoms with Gasteiger partial charge in [-0.15, -0.1) is 0 Å². The molecule has 0 saturated heterocycles. The van der Waals surface area contributed by atoms with Gasteiger partial charge >= 0.3 is 0 Å². The quantitative estimate of drug-likeness (QED) is 0.492. The molecule has 1 aliphatic heterocycles. The van der Waals surface area contributed by atoms with Crippen LogP contribution in [0.4, 0.5) is 5.69 Å². The Labute approximate surface area is 123 Å². The Morgan fingerprint density at radius 2 is 2.10 bits per heavy atom. The number of para-hydroxylation sites is 1. The zero-order valence-electron chi connectivity index (χ0n) is 11.7. The van der Waals surface area contributed by atoms with E-state index in [2.05, 4.69) is 5.32 Å². The van der Waals surface area contributed by atoms with Crippen LogP contribution in [0.15, 0.2) is 53.8 Å². The lowest BCUT2D eigenvalue weighted by Crippen LogP contribution is -2.52. The van der Waals surface area contributed by atoms with Crippen molar-refractivity contribution in [3.63, 3.8) is 0 Å². The van der Waals surface area contributed by atoms with Gasteiger partial charge in [-0.2, -0.15) is 0 Å². The van der Waals surface area contributed by atoms with Gasteiger partial charge < -0.3 is 20.9 Å². The van der Waals surface area contributed by atoms with Gasteiger partial charge in [-0.25, -0.2) is 0 Å². The number of amidine groups is 1. The number of rotatable bonds is 5. The van der Waals surface area contributed by atoms with Crippen molar-refractivity contribution in [2.24, 2.45) is 11.7 Å². The molecule has 5 N–H and O–H groups in total. The molecule has 1 heterocycles. The number of allylic oxidation sites excluding steroid dienone is 1. The maximum Gasteiger partial charge on any atom is 0.257 e. The molecular formula is C16H19N3O2. The van der Waals surface area contributed by atoms with E-state index in [0.717, 1.165) is 24.3 Å². The number of aliphatic hydroxyl groups is 1. The number of nitrogens with one attached hydrogen (secondary N) is 2. The van der Waals surface area contributed by atoms with Crippen molar-refractivity contribution in [3.8, 4) is 0 Å². The first-order valence-corrected chi connectivity index (χ1v) is 7.04. The molecule has 1 unspecified atom stereocenters. The molecule has 0 radical (unpaired) electrons. The van der Waals surface area contributed by atoms with E-state index in [1.807, 2.05) is 36.4 Å². The van der Waals surface area contributed by atoms with E-state index in [1.165, 1.54) is 0 Å². The molecule has 3 rings (SSSR count). The molecule has 110 valence electrons. The average molecular weight is 285 g/mol. The Balaban J connectivity index is 1.95. The summed E-state index contributed by atoms with van der Waals surface area (Å²) in [6.07, 6.45) is 5.67. The molecule has 1 atom stereocenters. The first-order chi connectivity index (χ1) is 10.1. The number of hydrogen-bond acceptors (Lipinski definition) is 4. The Morgan fingerprint density at radius 3 is 2.67 bits per heavy atom. The number of ether oxygens (including phenoxy) is 1. The minimum atomic E-state index is -1.23. The fourth-order valence-electron chi connectivity index (χ4n) is 2.39. The lowest BCUT2D eigenvalue weighted by molar-refractivity contribution is 0.108. The Kier molecular flexibility index (Phi) is 3.43. The van der Waals surface area contributed by atoms with Crippen LogP contribution in [0.3, 0.4) is 0 Å². The van der Waals surface area contributed by atoms with Gasteiger partial charge in [0, 0.05) is 11.6 Å². The summed E-state index contributed by atoms with van der Waals surface area (Å²) in [6.45, 7) is -0.106. The number of aliphatic hydroxyl groups excluding tert-OH is 1. The van der Waals surface area contributed by atoms with E-state index < -0.39 is 5.72 Å². The molecule has 2 aliphatic rings. The second-order valence-corrected chi connectivity index (χ2v) is 5.44. The summed E-state index contributed by atoms with van der Waals surface area (Å²) in [5.41, 5.74) is 6.08. The first-order valence-electron chi connectivity index (χ1n) is 7.04. The van der Waals surface area contributed by atoms with Gasteiger partial charge in [0.2, 0.25) is 0 Å². The van der Waals surface area contributed by atoms with Gasteiger partial charge in [0.1, 0.15) is 5.76 Å². The molecule has 1 aromatic rings. The first kappa shape index (κ1) is 13.7. The van der Waals surface area contributed by atoms with Gasteiger partial charge in [0.15, 0.2) is 5.84 Å². The van der Waals surface area contributed by atoms with Gasteiger partial charge in [-0.05, 0) is 42.7 Å². The highest BCUT2D eigenvalue weighted by Crippen LogP contribution is 2.42. The van der Waals surface area contributed by atoms with Crippen molar-refractivity contribution in [1.29, 1.82) is 5.41 Å². The molecule has 1 aromatic carbocycles. The zero-order valence-corrected chi connectivity index (χ0v) is 11.7. The third-order valence-electron chi connectivity index (χ3n) is 3.66. The van der Waals surface area contributed by atoms with E-state index in [0.29, 0.717) is 11.5 Å². The molecule has 5 nitrogen and oxygen atoms in total. The fraction of sp³-hybridized carbons (Fsp3) is 0.312. The van der Waals surface area contributed by atoms with Gasteiger partial charge in [-0.3, -0.25) is 5.41 Å². The topological polar surface area (TPSA) is 91.4 Å². The second-order valence-electron chi connectivity index (χ2n) is 5.44. The summed E-state index contributed by atoms with van der Waals surface area (Å²) < 4.78 is 6.01. The molecule has 21 heavy (non-hydrogen) atoms. The number of nitrogens with two attached hydrogens (primary N) is 1. The standard InChI is InChI=1S/C16H19N3O2/c17-15(18)16(19-13-4-2-1-3-5-13)9-11(10-20)8-14(21-16)12-6-7-12/h1-5,8-9,12,19-20H,6-7,10H2,(H3,17,18). The van der Waals surface area contributed by atoms with Crippen molar-refractivity contribution in [2.45, 2.75) is 18.6 Å². The lowest BCUT2D eigenvalue weighted by atomic mass is 10.0. The summed E-state index contributed by atoms with van der Waals surface area (Å²) in [6, 6.07) is 9.48. The van der Waals surface area contributed by atoms with Crippen LogP contribution in [0.2, 0.25) is 0 Å². The maximum atomic E-state index is 9.48. The Hall–Kier alpha value is -2.27. The highest BCUT2D eigenvalue weighted by molar-refractivity contribution is 5.91. The van der Waals surface area contributed by atoms with Gasteiger partial charge in [0.25, 0.3) is 5.72 Å². The van der Waals surface area contributed by atoms with E-state index in [1.54, 1.807) is 6.08 Å². The lowest BCUT2D eigenvalue weighted by Gasteiger charge is -2.36. The number of benzene rings is 1. The third-order valence-corrected chi connectivity index (χ3v) is 3.66. The van der Waals surface area contributed by atoms with Gasteiger partial charge in [0.05, 0.1) is 6.61 Å². The Morgan fingerprint density at radius 1 is 1.38 bits per heavy atom. The van der Waals surface area contributed by atoms with Crippen LogP contribution in [0.5, 0.6) is 0 Å². The van der Waals surface area contributed by atoms with Crippen LogP contribution in [0.25, 0.3) is 0 Å². The van der Waals surface area contributed by atoms with E-state index >= 15 is 0 Å². The molecule has 5 heteroatoms. The van der Waals surface area contributed by atoms with Crippen molar-refractivity contribution < 1.29 is 9.84 Å². The van der Waals surface area contributed by atoms with Crippen LogP contribution in [-0.4, -0.2) is 23.3 Å². The SMILES string of the molecule is N=C(N)C1(Nc2ccccc2)C=C(CO)C=C(C2CC2)O1. The average Bonchev–Trinajstić information content (AvgIpc) is 3.32. The summed E-state index contributed by atoms with van der Waals surface area (Å²) in [5, 5.41) is 20.6. The van der Waals surface area contributed by atoms with Crippen molar-refractivity contribution >= 4 is 11.5 Å². The molecule has 0 amide bonds. The highest BCUT2D eigenvalue weighted by Gasteiger charge is 2.41. The number of anilines is 1. The van der Waals surface area contributed by atoms with Crippen molar-refractivity contribution in [3.05, 3.63) is 53.8 Å². The molecule has 0 bridgehead atoms. The fourth-order valence-corrected chi connectivity index (χ4v) is 2.39. The minimum absolute atomic E-state index is 0.106. The second kappa shape index (κ2) is 5.26. The van der Waals surface area contributed by atoms with E-state index in [9.17, 15) is 5.11 Å². The molecular weight excluding hydrogens is 266 g/mol. The van der Waals surface area contributed by atoms with Crippen LogP contribution < -0.4 is 11.1 Å². The summed E-state index contributed by atoms with van der Waals surface area (Å²) >= 11 is 0. The minimum Gasteiger partial charge on any atom is -0.461 e. The summed E-state index contributed by atoms with van der Waals surface area (Å²) in [4.78, 5) is 0. The number of hydrogen-bond donors (Lipinski definition) is 4. The largest absolute Gasteiger partial charge is 0.461 e. The smallest absolute Gasteiger partial charge is 0.257 e. The predicted molar refractivity (Wildman–Crippen MR) is 81.8 cm³/mol. The van der Waals surface area contributed by atoms with Crippen LogP contribution in [-0.2, 0) is 4.74 Å². The predicted octanol–water partition coefficient (Wildman–Crippen LogP) is 1.97. The Bertz CT molecular complexity index is 605. The monoisotopic (exact) mass is 285 g/mol. The van der Waals surface area contributed by atoms with E-state index in [-0.39, 0.29) is 12.4 Å². The normalized spacial score (nSPS) is 24.6. The highest BCUT2D eigenvalue weighted by atomic mass is 16.5. The van der Waals surface area contributed by atoms with Crippen molar-refractivity contribution in [2.75, 3.05) is 11.9 Å². The van der Waals surface area contributed by atoms with Crippen molar-refractivity contribution in [1.82, 2.24) is 0 Å². The maximum absolute atomic E-state index is 9.48. The molecule has 1 saturated carbocycles. The zero-order chi connectivity index (χ0) is 14.9. The van der Waals surface area contributed by atoms with Crippen LogP contribution in [0, 0.1) is 11.3 Å². The molecule has 0 aromatic heterocycles. The summed E-state index contributed by atoms with van der Waals surface area (Å²) in [5.74, 6) is 1.03. The third kappa shape index (κ3) is 2.78. The molecule has 1 fully saturated rings. The van der Waals surface area contributed by atoms with E-state index in [4.69, 9.17) is 15.9 Å². The van der Waals surface area contributed by atoms with Crippen LogP contribution in [0.1, 0.15) is 12.8 Å². The molecule has 0 spiro atoms.